The zero-order chi connectivity index (χ0) is 14.0. The van der Waals surface area contributed by atoms with E-state index in [0.717, 1.165) is 31.2 Å². The Bertz CT molecular complexity index is 566. The molecule has 0 unspecified atom stereocenters. The van der Waals surface area contributed by atoms with Gasteiger partial charge in [0.05, 0.1) is 4.90 Å². The van der Waals surface area contributed by atoms with Gasteiger partial charge >= 0.3 is 0 Å². The Kier molecular flexibility index (Phi) is 4.93. The average molecular weight is 367 g/mol. The number of hydrogen-bond donors (Lipinski definition) is 0. The van der Waals surface area contributed by atoms with Crippen LogP contribution < -0.4 is 0 Å². The molecule has 0 spiro atoms. The van der Waals surface area contributed by atoms with Gasteiger partial charge in [0.1, 0.15) is 0 Å². The number of rotatable bonds is 2. The van der Waals surface area contributed by atoms with Gasteiger partial charge in [-0.1, -0.05) is 24.4 Å². The molecular weight excluding hydrogens is 350 g/mol. The van der Waals surface area contributed by atoms with E-state index in [2.05, 4.69) is 15.9 Å². The quantitative estimate of drug-likeness (QED) is 0.794. The van der Waals surface area contributed by atoms with E-state index in [1.807, 2.05) is 6.92 Å². The third-order valence-electron chi connectivity index (χ3n) is 3.40. The maximum Gasteiger partial charge on any atom is 0.244 e. The molecule has 3 nitrogen and oxygen atoms in total. The topological polar surface area (TPSA) is 37.4 Å². The number of aryl methyl sites for hydroxylation is 1. The first-order valence-corrected chi connectivity index (χ1v) is 9.00. The first-order valence-electron chi connectivity index (χ1n) is 6.39. The molecule has 0 radical (unpaired) electrons. The monoisotopic (exact) mass is 365 g/mol. The van der Waals surface area contributed by atoms with Gasteiger partial charge in [0.25, 0.3) is 0 Å². The molecule has 1 aromatic rings. The molecule has 1 saturated heterocycles. The van der Waals surface area contributed by atoms with Crippen molar-refractivity contribution in [2.75, 3.05) is 13.1 Å². The van der Waals surface area contributed by atoms with E-state index in [9.17, 15) is 8.42 Å². The Labute approximate surface area is 128 Å². The number of hydrogen-bond acceptors (Lipinski definition) is 2. The van der Waals surface area contributed by atoms with Crippen LogP contribution in [0.5, 0.6) is 0 Å². The van der Waals surface area contributed by atoms with Gasteiger partial charge in [0.2, 0.25) is 10.0 Å². The highest BCUT2D eigenvalue weighted by atomic mass is 79.9. The molecule has 0 saturated carbocycles. The second-order valence-corrected chi connectivity index (χ2v) is 8.02. The van der Waals surface area contributed by atoms with Crippen LogP contribution in [-0.4, -0.2) is 25.8 Å². The molecule has 1 aliphatic rings. The fourth-order valence-corrected chi connectivity index (χ4v) is 5.14. The molecule has 1 heterocycles. The van der Waals surface area contributed by atoms with Gasteiger partial charge in [0, 0.05) is 22.6 Å². The van der Waals surface area contributed by atoms with Crippen molar-refractivity contribution in [2.24, 2.45) is 0 Å². The van der Waals surface area contributed by atoms with Crippen LogP contribution in [0.3, 0.4) is 0 Å². The zero-order valence-electron chi connectivity index (χ0n) is 10.8. The summed E-state index contributed by atoms with van der Waals surface area (Å²) in [6, 6.07) is 3.30. The summed E-state index contributed by atoms with van der Waals surface area (Å²) in [5.41, 5.74) is 0.864. The average Bonchev–Trinajstić information content (AvgIpc) is 2.62. The van der Waals surface area contributed by atoms with E-state index in [4.69, 9.17) is 11.6 Å². The molecular formula is C13H17BrClNO2S. The third-order valence-corrected chi connectivity index (χ3v) is 6.66. The molecule has 0 bridgehead atoms. The van der Waals surface area contributed by atoms with Crippen molar-refractivity contribution >= 4 is 37.6 Å². The van der Waals surface area contributed by atoms with Gasteiger partial charge in [0.15, 0.2) is 0 Å². The first kappa shape index (κ1) is 15.3. The molecule has 1 aliphatic heterocycles. The molecule has 1 fully saturated rings. The second-order valence-electron chi connectivity index (χ2n) is 4.85. The zero-order valence-corrected chi connectivity index (χ0v) is 14.0. The van der Waals surface area contributed by atoms with Crippen molar-refractivity contribution < 1.29 is 8.42 Å². The lowest BCUT2D eigenvalue weighted by atomic mass is 10.2. The highest BCUT2D eigenvalue weighted by molar-refractivity contribution is 9.10. The normalized spacial score (nSPS) is 18.3. The lowest BCUT2D eigenvalue weighted by molar-refractivity contribution is 0.423. The minimum atomic E-state index is -3.45. The predicted octanol–water partition coefficient (Wildman–Crippen LogP) is 3.98. The summed E-state index contributed by atoms with van der Waals surface area (Å²) in [6.45, 7) is 3.05. The first-order chi connectivity index (χ1) is 8.93. The number of nitrogens with zero attached hydrogens (tertiary/aromatic N) is 1. The Morgan fingerprint density at radius 2 is 1.74 bits per heavy atom. The highest BCUT2D eigenvalue weighted by Gasteiger charge is 2.27. The van der Waals surface area contributed by atoms with Gasteiger partial charge in [-0.15, -0.1) is 0 Å². The van der Waals surface area contributed by atoms with Gasteiger partial charge in [-0.25, -0.2) is 8.42 Å². The number of benzene rings is 1. The fraction of sp³-hybridized carbons (Fsp3) is 0.538. The molecule has 0 aromatic heterocycles. The minimum Gasteiger partial charge on any atom is -0.207 e. The minimum absolute atomic E-state index is 0.269. The van der Waals surface area contributed by atoms with Crippen LogP contribution in [0, 0.1) is 6.92 Å². The SMILES string of the molecule is Cc1cc(Br)c(S(=O)(=O)N2CCCCCC2)cc1Cl. The van der Waals surface area contributed by atoms with Crippen molar-refractivity contribution in [2.45, 2.75) is 37.5 Å². The second kappa shape index (κ2) is 6.12. The summed E-state index contributed by atoms with van der Waals surface area (Å²) in [5, 5.41) is 0.483. The summed E-state index contributed by atoms with van der Waals surface area (Å²) >= 11 is 9.40. The molecule has 0 N–H and O–H groups in total. The smallest absolute Gasteiger partial charge is 0.207 e. The van der Waals surface area contributed by atoms with Crippen LogP contribution in [0.15, 0.2) is 21.5 Å². The van der Waals surface area contributed by atoms with Crippen molar-refractivity contribution in [1.29, 1.82) is 0 Å². The van der Waals surface area contributed by atoms with Crippen molar-refractivity contribution in [1.82, 2.24) is 4.31 Å². The van der Waals surface area contributed by atoms with Gasteiger partial charge in [-0.3, -0.25) is 0 Å². The Morgan fingerprint density at radius 1 is 1.16 bits per heavy atom. The summed E-state index contributed by atoms with van der Waals surface area (Å²) in [4.78, 5) is 0.269. The Balaban J connectivity index is 2.41. The van der Waals surface area contributed by atoms with E-state index >= 15 is 0 Å². The van der Waals surface area contributed by atoms with E-state index in [1.54, 1.807) is 16.4 Å². The van der Waals surface area contributed by atoms with Crippen LogP contribution in [0.1, 0.15) is 31.2 Å². The van der Waals surface area contributed by atoms with E-state index in [1.165, 1.54) is 0 Å². The van der Waals surface area contributed by atoms with Crippen molar-refractivity contribution in [3.05, 3.63) is 27.2 Å². The lowest BCUT2D eigenvalue weighted by Crippen LogP contribution is -2.32. The fourth-order valence-electron chi connectivity index (χ4n) is 2.25. The standard InChI is InChI=1S/C13H17BrClNO2S/c1-10-8-11(14)13(9-12(10)15)19(17,18)16-6-4-2-3-5-7-16/h8-9H,2-7H2,1H3. The van der Waals surface area contributed by atoms with E-state index in [-0.39, 0.29) is 4.90 Å². The molecule has 1 aromatic carbocycles. The maximum atomic E-state index is 12.7. The van der Waals surface area contributed by atoms with Gasteiger partial charge < -0.3 is 0 Å². The molecule has 0 amide bonds. The molecule has 0 aliphatic carbocycles. The van der Waals surface area contributed by atoms with Gasteiger partial charge in [-0.05, 0) is 53.4 Å². The molecule has 2 rings (SSSR count). The third kappa shape index (κ3) is 3.32. The summed E-state index contributed by atoms with van der Waals surface area (Å²) in [5.74, 6) is 0. The van der Waals surface area contributed by atoms with Crippen molar-refractivity contribution in [3.63, 3.8) is 0 Å². The Morgan fingerprint density at radius 3 is 2.32 bits per heavy atom. The van der Waals surface area contributed by atoms with Crippen LogP contribution in [-0.2, 0) is 10.0 Å². The predicted molar refractivity (Wildman–Crippen MR) is 81.1 cm³/mol. The molecule has 6 heteroatoms. The van der Waals surface area contributed by atoms with E-state index in [0.29, 0.717) is 22.6 Å². The lowest BCUT2D eigenvalue weighted by Gasteiger charge is -2.21. The Hall–Kier alpha value is -0.100. The largest absolute Gasteiger partial charge is 0.244 e. The number of halogens is 2. The summed E-state index contributed by atoms with van der Waals surface area (Å²) in [7, 11) is -3.45. The summed E-state index contributed by atoms with van der Waals surface area (Å²) in [6.07, 6.45) is 4.05. The van der Waals surface area contributed by atoms with Crippen LogP contribution >= 0.6 is 27.5 Å². The number of sulfonamides is 1. The van der Waals surface area contributed by atoms with E-state index < -0.39 is 10.0 Å². The molecule has 19 heavy (non-hydrogen) atoms. The maximum absolute atomic E-state index is 12.7. The van der Waals surface area contributed by atoms with Crippen LogP contribution in [0.4, 0.5) is 0 Å². The summed E-state index contributed by atoms with van der Waals surface area (Å²) < 4.78 is 27.5. The highest BCUT2D eigenvalue weighted by Crippen LogP contribution is 2.31. The van der Waals surface area contributed by atoms with Crippen molar-refractivity contribution in [3.8, 4) is 0 Å². The molecule has 0 atom stereocenters. The van der Waals surface area contributed by atoms with Crippen LogP contribution in [0.2, 0.25) is 5.02 Å². The van der Waals surface area contributed by atoms with Gasteiger partial charge in [-0.2, -0.15) is 4.31 Å². The van der Waals surface area contributed by atoms with Crippen LogP contribution in [0.25, 0.3) is 0 Å². The molecule has 106 valence electrons.